The molecule has 0 radical (unpaired) electrons. The molecule has 27 heavy (non-hydrogen) atoms. The van der Waals surface area contributed by atoms with Crippen molar-refractivity contribution >= 4 is 28.2 Å². The molecule has 0 saturated heterocycles. The Hall–Kier alpha value is -3.35. The summed E-state index contributed by atoms with van der Waals surface area (Å²) in [6.07, 6.45) is 6.43. The van der Waals surface area contributed by atoms with E-state index in [0.29, 0.717) is 12.1 Å². The van der Waals surface area contributed by atoms with Gasteiger partial charge in [-0.05, 0) is 31.0 Å². The van der Waals surface area contributed by atoms with E-state index >= 15 is 0 Å². The van der Waals surface area contributed by atoms with Crippen LogP contribution in [-0.4, -0.2) is 37.4 Å². The third-order valence-electron chi connectivity index (χ3n) is 4.65. The number of aryl methyl sites for hydroxylation is 1. The fourth-order valence-electron chi connectivity index (χ4n) is 3.25. The standard InChI is InChI=1S/C20H20N6O/c1-4-5-18(27)16-6-12(2)15(10-22-16)14-7-13-9-23-19(21-3)8-17(13)26-20(14)24-11-25-26/h6-11H,4-5H2,1-3H3,(H,21,23). The summed E-state index contributed by atoms with van der Waals surface area (Å²) >= 11 is 0. The smallest absolute Gasteiger partial charge is 0.181 e. The normalized spacial score (nSPS) is 11.2. The van der Waals surface area contributed by atoms with Crippen LogP contribution < -0.4 is 5.32 Å². The summed E-state index contributed by atoms with van der Waals surface area (Å²) < 4.78 is 1.81. The number of nitrogens with zero attached hydrogens (tertiary/aromatic N) is 5. The molecule has 1 N–H and O–H groups in total. The number of Topliss-reactive ketones (excluding diaryl/α,β-unsaturated/α-hetero) is 1. The van der Waals surface area contributed by atoms with E-state index in [1.165, 1.54) is 0 Å². The molecule has 0 saturated carbocycles. The van der Waals surface area contributed by atoms with Crippen LogP contribution in [-0.2, 0) is 0 Å². The maximum atomic E-state index is 12.1. The van der Waals surface area contributed by atoms with Crippen LogP contribution in [0.5, 0.6) is 0 Å². The molecule has 0 fully saturated rings. The van der Waals surface area contributed by atoms with Gasteiger partial charge in [0.1, 0.15) is 17.8 Å². The summed E-state index contributed by atoms with van der Waals surface area (Å²) in [5, 5.41) is 8.38. The zero-order valence-electron chi connectivity index (χ0n) is 15.5. The van der Waals surface area contributed by atoms with Crippen molar-refractivity contribution in [2.45, 2.75) is 26.7 Å². The van der Waals surface area contributed by atoms with Crippen LogP contribution in [0, 0.1) is 6.92 Å². The molecule has 136 valence electrons. The fourth-order valence-corrected chi connectivity index (χ4v) is 3.25. The molecule has 4 aromatic heterocycles. The molecule has 7 heteroatoms. The maximum absolute atomic E-state index is 12.1. The predicted molar refractivity (Wildman–Crippen MR) is 105 cm³/mol. The van der Waals surface area contributed by atoms with E-state index in [4.69, 9.17) is 0 Å². The number of hydrogen-bond donors (Lipinski definition) is 1. The topological polar surface area (TPSA) is 85.1 Å². The molecular formula is C20H20N6O. The minimum Gasteiger partial charge on any atom is -0.373 e. The van der Waals surface area contributed by atoms with E-state index in [1.54, 1.807) is 12.5 Å². The van der Waals surface area contributed by atoms with Crippen molar-refractivity contribution in [3.05, 3.63) is 48.2 Å². The average molecular weight is 360 g/mol. The van der Waals surface area contributed by atoms with Gasteiger partial charge in [-0.3, -0.25) is 9.78 Å². The first-order valence-corrected chi connectivity index (χ1v) is 8.93. The van der Waals surface area contributed by atoms with Crippen LogP contribution >= 0.6 is 0 Å². The molecule has 0 spiro atoms. The van der Waals surface area contributed by atoms with Gasteiger partial charge in [-0.25, -0.2) is 14.5 Å². The van der Waals surface area contributed by atoms with Gasteiger partial charge in [0.25, 0.3) is 0 Å². The Labute approximate surface area is 156 Å². The molecule has 4 heterocycles. The number of rotatable bonds is 5. The van der Waals surface area contributed by atoms with E-state index in [1.807, 2.05) is 49.8 Å². The second-order valence-electron chi connectivity index (χ2n) is 6.49. The lowest BCUT2D eigenvalue weighted by Gasteiger charge is -2.11. The molecule has 0 atom stereocenters. The maximum Gasteiger partial charge on any atom is 0.181 e. The minimum atomic E-state index is 0.0714. The lowest BCUT2D eigenvalue weighted by Crippen LogP contribution is -2.03. The molecule has 7 nitrogen and oxygen atoms in total. The highest BCUT2D eigenvalue weighted by Crippen LogP contribution is 2.30. The number of anilines is 1. The molecule has 0 bridgehead atoms. The quantitative estimate of drug-likeness (QED) is 0.547. The Morgan fingerprint density at radius 2 is 1.96 bits per heavy atom. The first-order valence-electron chi connectivity index (χ1n) is 8.93. The minimum absolute atomic E-state index is 0.0714. The molecule has 0 unspecified atom stereocenters. The van der Waals surface area contributed by atoms with Crippen LogP contribution in [0.25, 0.3) is 27.7 Å². The predicted octanol–water partition coefficient (Wildman–Crippen LogP) is 3.67. The summed E-state index contributed by atoms with van der Waals surface area (Å²) in [7, 11) is 1.83. The molecule has 4 aromatic rings. The van der Waals surface area contributed by atoms with Crippen molar-refractivity contribution in [3.63, 3.8) is 0 Å². The Kier molecular flexibility index (Phi) is 4.27. The summed E-state index contributed by atoms with van der Waals surface area (Å²) in [5.74, 6) is 0.839. The van der Waals surface area contributed by atoms with Crippen molar-refractivity contribution in [2.75, 3.05) is 12.4 Å². The summed E-state index contributed by atoms with van der Waals surface area (Å²) in [5.41, 5.74) is 5.00. The van der Waals surface area contributed by atoms with Crippen LogP contribution in [0.15, 0.2) is 36.9 Å². The number of aromatic nitrogens is 5. The molecule has 4 rings (SSSR count). The molecule has 0 amide bonds. The second-order valence-corrected chi connectivity index (χ2v) is 6.49. The van der Waals surface area contributed by atoms with Gasteiger partial charge in [-0.2, -0.15) is 5.10 Å². The van der Waals surface area contributed by atoms with E-state index in [2.05, 4.69) is 25.4 Å². The molecule has 0 aliphatic heterocycles. The number of ketones is 1. The van der Waals surface area contributed by atoms with Crippen LogP contribution in [0.4, 0.5) is 5.82 Å². The van der Waals surface area contributed by atoms with Gasteiger partial charge in [0.15, 0.2) is 11.4 Å². The van der Waals surface area contributed by atoms with Crippen molar-refractivity contribution in [1.29, 1.82) is 0 Å². The zero-order chi connectivity index (χ0) is 19.0. The van der Waals surface area contributed by atoms with Crippen LogP contribution in [0.1, 0.15) is 35.8 Å². The number of carbonyl (C=O) groups is 1. The third-order valence-corrected chi connectivity index (χ3v) is 4.65. The Bertz CT molecular complexity index is 1160. The monoisotopic (exact) mass is 360 g/mol. The van der Waals surface area contributed by atoms with Gasteiger partial charge in [-0.1, -0.05) is 6.92 Å². The number of nitrogens with one attached hydrogen (secondary N) is 1. The highest BCUT2D eigenvalue weighted by molar-refractivity contribution is 5.96. The lowest BCUT2D eigenvalue weighted by molar-refractivity contribution is 0.0977. The highest BCUT2D eigenvalue weighted by atomic mass is 16.1. The Morgan fingerprint density at radius 3 is 2.70 bits per heavy atom. The van der Waals surface area contributed by atoms with Gasteiger partial charge < -0.3 is 5.32 Å². The average Bonchev–Trinajstić information content (AvgIpc) is 3.17. The highest BCUT2D eigenvalue weighted by Gasteiger charge is 2.15. The van der Waals surface area contributed by atoms with Crippen LogP contribution in [0.2, 0.25) is 0 Å². The van der Waals surface area contributed by atoms with Gasteiger partial charge in [0.2, 0.25) is 0 Å². The van der Waals surface area contributed by atoms with Crippen molar-refractivity contribution < 1.29 is 4.79 Å². The first kappa shape index (κ1) is 17.1. The van der Waals surface area contributed by atoms with Crippen LogP contribution in [0.3, 0.4) is 0 Å². The zero-order valence-corrected chi connectivity index (χ0v) is 15.5. The number of fused-ring (bicyclic) bond motifs is 3. The third kappa shape index (κ3) is 2.91. The molecule has 0 aliphatic carbocycles. The van der Waals surface area contributed by atoms with Gasteiger partial charge in [0, 0.05) is 48.4 Å². The lowest BCUT2D eigenvalue weighted by atomic mass is 10.0. The van der Waals surface area contributed by atoms with Crippen molar-refractivity contribution in [2.24, 2.45) is 0 Å². The SMILES string of the molecule is CCCC(=O)c1cc(C)c(-c2cc3cnc(NC)cc3n3ncnc23)cn1. The van der Waals surface area contributed by atoms with Crippen molar-refractivity contribution in [1.82, 2.24) is 24.6 Å². The molecular weight excluding hydrogens is 340 g/mol. The fraction of sp³-hybridized carbons (Fsp3) is 0.250. The molecule has 0 aliphatic rings. The largest absolute Gasteiger partial charge is 0.373 e. The summed E-state index contributed by atoms with van der Waals surface area (Å²) in [4.78, 5) is 25.4. The summed E-state index contributed by atoms with van der Waals surface area (Å²) in [6.45, 7) is 3.98. The molecule has 0 aromatic carbocycles. The van der Waals surface area contributed by atoms with Gasteiger partial charge in [0.05, 0.1) is 5.52 Å². The number of pyridine rings is 3. The Balaban J connectivity index is 1.91. The van der Waals surface area contributed by atoms with E-state index in [-0.39, 0.29) is 5.78 Å². The second kappa shape index (κ2) is 6.75. The van der Waals surface area contributed by atoms with E-state index in [9.17, 15) is 4.79 Å². The van der Waals surface area contributed by atoms with Gasteiger partial charge >= 0.3 is 0 Å². The number of carbonyl (C=O) groups excluding carboxylic acids is 1. The Morgan fingerprint density at radius 1 is 1.11 bits per heavy atom. The summed E-state index contributed by atoms with van der Waals surface area (Å²) in [6, 6.07) is 5.84. The van der Waals surface area contributed by atoms with E-state index < -0.39 is 0 Å². The van der Waals surface area contributed by atoms with Gasteiger partial charge in [-0.15, -0.1) is 0 Å². The van der Waals surface area contributed by atoms with Crippen molar-refractivity contribution in [3.8, 4) is 11.1 Å². The number of hydrogen-bond acceptors (Lipinski definition) is 6. The van der Waals surface area contributed by atoms with E-state index in [0.717, 1.165) is 45.5 Å². The first-order chi connectivity index (χ1) is 13.1.